The van der Waals surface area contributed by atoms with Crippen LogP contribution in [0.15, 0.2) is 24.3 Å². The van der Waals surface area contributed by atoms with Gasteiger partial charge in [0.15, 0.2) is 0 Å². The van der Waals surface area contributed by atoms with E-state index in [0.29, 0.717) is 0 Å². The molecule has 1 aromatic rings. The van der Waals surface area contributed by atoms with E-state index >= 15 is 0 Å². The standard InChI is InChI=1S/C17H31N3O/c1-5-11-20(13-12-19(2)3)17-9-7-6-8-16(17)15-18-10-14-21-4/h6-9,18H,5,10-15H2,1-4H3. The Morgan fingerprint density at radius 2 is 1.86 bits per heavy atom. The lowest BCUT2D eigenvalue weighted by Gasteiger charge is -2.28. The maximum Gasteiger partial charge on any atom is 0.0587 e. The molecule has 0 aromatic heterocycles. The summed E-state index contributed by atoms with van der Waals surface area (Å²) in [5.41, 5.74) is 2.71. The lowest BCUT2D eigenvalue weighted by Crippen LogP contribution is -2.33. The molecule has 0 saturated carbocycles. The highest BCUT2D eigenvalue weighted by Gasteiger charge is 2.10. The Balaban J connectivity index is 2.71. The average Bonchev–Trinajstić information content (AvgIpc) is 2.48. The van der Waals surface area contributed by atoms with Gasteiger partial charge in [-0.2, -0.15) is 0 Å². The van der Waals surface area contributed by atoms with Gasteiger partial charge >= 0.3 is 0 Å². The highest BCUT2D eigenvalue weighted by atomic mass is 16.5. The molecule has 0 aliphatic heterocycles. The third-order valence-corrected chi connectivity index (χ3v) is 3.44. The summed E-state index contributed by atoms with van der Waals surface area (Å²) in [6.45, 7) is 8.01. The van der Waals surface area contributed by atoms with E-state index in [4.69, 9.17) is 4.74 Å². The van der Waals surface area contributed by atoms with Crippen molar-refractivity contribution in [3.8, 4) is 0 Å². The largest absolute Gasteiger partial charge is 0.383 e. The Morgan fingerprint density at radius 3 is 2.52 bits per heavy atom. The predicted octanol–water partition coefficient (Wildman–Crippen LogP) is 2.20. The monoisotopic (exact) mass is 293 g/mol. The Bertz CT molecular complexity index is 382. The number of nitrogens with zero attached hydrogens (tertiary/aromatic N) is 2. The zero-order valence-corrected chi connectivity index (χ0v) is 14.1. The van der Waals surface area contributed by atoms with Crippen LogP contribution >= 0.6 is 0 Å². The first kappa shape index (κ1) is 18.0. The number of hydrogen-bond donors (Lipinski definition) is 1. The van der Waals surface area contributed by atoms with Crippen LogP contribution in [-0.2, 0) is 11.3 Å². The van der Waals surface area contributed by atoms with E-state index in [9.17, 15) is 0 Å². The first-order valence-corrected chi connectivity index (χ1v) is 7.86. The fourth-order valence-electron chi connectivity index (χ4n) is 2.31. The van der Waals surface area contributed by atoms with Crippen molar-refractivity contribution in [3.63, 3.8) is 0 Å². The minimum absolute atomic E-state index is 0.751. The molecule has 0 saturated heterocycles. The van der Waals surface area contributed by atoms with Gasteiger partial charge in [-0.25, -0.2) is 0 Å². The van der Waals surface area contributed by atoms with Gasteiger partial charge in [0.25, 0.3) is 0 Å². The molecule has 0 bridgehead atoms. The Hall–Kier alpha value is -1.10. The molecular weight excluding hydrogens is 262 g/mol. The molecule has 4 heteroatoms. The summed E-state index contributed by atoms with van der Waals surface area (Å²) in [7, 11) is 5.99. The molecule has 120 valence electrons. The first-order valence-electron chi connectivity index (χ1n) is 7.86. The molecule has 1 rings (SSSR count). The molecule has 4 nitrogen and oxygen atoms in total. The zero-order chi connectivity index (χ0) is 15.5. The van der Waals surface area contributed by atoms with E-state index in [1.807, 2.05) is 0 Å². The third-order valence-electron chi connectivity index (χ3n) is 3.44. The highest BCUT2D eigenvalue weighted by molar-refractivity contribution is 5.53. The molecule has 0 fully saturated rings. The van der Waals surface area contributed by atoms with Crippen molar-refractivity contribution in [3.05, 3.63) is 29.8 Å². The van der Waals surface area contributed by atoms with E-state index in [-0.39, 0.29) is 0 Å². The van der Waals surface area contributed by atoms with Gasteiger partial charge in [0, 0.05) is 45.5 Å². The van der Waals surface area contributed by atoms with Crippen LogP contribution < -0.4 is 10.2 Å². The first-order chi connectivity index (χ1) is 10.2. The zero-order valence-electron chi connectivity index (χ0n) is 14.1. The number of rotatable bonds is 11. The fourth-order valence-corrected chi connectivity index (χ4v) is 2.31. The summed E-state index contributed by atoms with van der Waals surface area (Å²) in [4.78, 5) is 4.73. The van der Waals surface area contributed by atoms with Crippen LogP contribution in [0.3, 0.4) is 0 Å². The molecule has 0 spiro atoms. The van der Waals surface area contributed by atoms with Crippen LogP contribution in [0, 0.1) is 0 Å². The molecule has 0 amide bonds. The number of nitrogens with one attached hydrogen (secondary N) is 1. The Kier molecular flexibility index (Phi) is 9.06. The molecular formula is C17H31N3O. The second-order valence-electron chi connectivity index (χ2n) is 5.59. The minimum atomic E-state index is 0.751. The maximum absolute atomic E-state index is 5.08. The fraction of sp³-hybridized carbons (Fsp3) is 0.647. The minimum Gasteiger partial charge on any atom is -0.383 e. The highest BCUT2D eigenvalue weighted by Crippen LogP contribution is 2.20. The van der Waals surface area contributed by atoms with Gasteiger partial charge in [0.05, 0.1) is 6.61 Å². The summed E-state index contributed by atoms with van der Waals surface area (Å²) in [6, 6.07) is 8.70. The van der Waals surface area contributed by atoms with Crippen LogP contribution in [0.4, 0.5) is 5.69 Å². The molecule has 0 aliphatic carbocycles. The second-order valence-corrected chi connectivity index (χ2v) is 5.59. The molecule has 21 heavy (non-hydrogen) atoms. The van der Waals surface area contributed by atoms with Crippen LogP contribution in [0.5, 0.6) is 0 Å². The van der Waals surface area contributed by atoms with Gasteiger partial charge in [0.1, 0.15) is 0 Å². The number of para-hydroxylation sites is 1. The molecule has 0 radical (unpaired) electrons. The number of ether oxygens (including phenoxy) is 1. The van der Waals surface area contributed by atoms with Gasteiger partial charge < -0.3 is 19.9 Å². The topological polar surface area (TPSA) is 27.7 Å². The smallest absolute Gasteiger partial charge is 0.0587 e. The molecule has 0 aliphatic rings. The van der Waals surface area contributed by atoms with Gasteiger partial charge in [-0.3, -0.25) is 0 Å². The quantitative estimate of drug-likeness (QED) is 0.633. The van der Waals surface area contributed by atoms with Gasteiger partial charge in [-0.05, 0) is 32.1 Å². The molecule has 0 atom stereocenters. The van der Waals surface area contributed by atoms with Crippen LogP contribution in [0.1, 0.15) is 18.9 Å². The van der Waals surface area contributed by atoms with E-state index < -0.39 is 0 Å². The third kappa shape index (κ3) is 6.93. The van der Waals surface area contributed by atoms with Crippen molar-refractivity contribution in [2.24, 2.45) is 0 Å². The maximum atomic E-state index is 5.08. The predicted molar refractivity (Wildman–Crippen MR) is 91.1 cm³/mol. The van der Waals surface area contributed by atoms with Gasteiger partial charge in [-0.15, -0.1) is 0 Å². The van der Waals surface area contributed by atoms with E-state index in [2.05, 4.69) is 60.4 Å². The van der Waals surface area contributed by atoms with Crippen molar-refractivity contribution in [2.75, 3.05) is 58.9 Å². The molecule has 0 unspecified atom stereocenters. The summed E-state index contributed by atoms with van der Waals surface area (Å²) in [5.74, 6) is 0. The summed E-state index contributed by atoms with van der Waals surface area (Å²) in [6.07, 6.45) is 1.17. The molecule has 1 N–H and O–H groups in total. The van der Waals surface area contributed by atoms with Crippen molar-refractivity contribution in [2.45, 2.75) is 19.9 Å². The van der Waals surface area contributed by atoms with Crippen LogP contribution in [0.2, 0.25) is 0 Å². The summed E-state index contributed by atoms with van der Waals surface area (Å²) in [5, 5.41) is 3.44. The Morgan fingerprint density at radius 1 is 1.10 bits per heavy atom. The SMILES string of the molecule is CCCN(CCN(C)C)c1ccccc1CNCCOC. The van der Waals surface area contributed by atoms with Crippen LogP contribution in [-0.4, -0.2) is 58.9 Å². The number of benzene rings is 1. The van der Waals surface area contributed by atoms with E-state index in [1.54, 1.807) is 7.11 Å². The second kappa shape index (κ2) is 10.6. The Labute approximate surface area is 130 Å². The lowest BCUT2D eigenvalue weighted by atomic mass is 10.1. The lowest BCUT2D eigenvalue weighted by molar-refractivity contribution is 0.199. The van der Waals surface area contributed by atoms with Crippen molar-refractivity contribution < 1.29 is 4.74 Å². The van der Waals surface area contributed by atoms with E-state index in [1.165, 1.54) is 17.7 Å². The average molecular weight is 293 g/mol. The summed E-state index contributed by atoms with van der Waals surface area (Å²) < 4.78 is 5.08. The molecule has 0 heterocycles. The van der Waals surface area contributed by atoms with Crippen molar-refractivity contribution >= 4 is 5.69 Å². The van der Waals surface area contributed by atoms with Crippen LogP contribution in [0.25, 0.3) is 0 Å². The molecule has 1 aromatic carbocycles. The van der Waals surface area contributed by atoms with Crippen molar-refractivity contribution in [1.29, 1.82) is 0 Å². The normalized spacial score (nSPS) is 11.1. The van der Waals surface area contributed by atoms with Gasteiger partial charge in [-0.1, -0.05) is 25.1 Å². The van der Waals surface area contributed by atoms with E-state index in [0.717, 1.165) is 39.3 Å². The summed E-state index contributed by atoms with van der Waals surface area (Å²) >= 11 is 0. The number of likely N-dealkylation sites (N-methyl/N-ethyl adjacent to an activating group) is 1. The number of hydrogen-bond acceptors (Lipinski definition) is 4. The number of methoxy groups -OCH3 is 1. The van der Waals surface area contributed by atoms with Crippen molar-refractivity contribution in [1.82, 2.24) is 10.2 Å². The van der Waals surface area contributed by atoms with Gasteiger partial charge in [0.2, 0.25) is 0 Å². The number of anilines is 1.